The first-order chi connectivity index (χ1) is 11.5. The van der Waals surface area contributed by atoms with Crippen molar-refractivity contribution < 1.29 is 0 Å². The van der Waals surface area contributed by atoms with Crippen molar-refractivity contribution in [3.63, 3.8) is 0 Å². The summed E-state index contributed by atoms with van der Waals surface area (Å²) in [6, 6.07) is 0. The van der Waals surface area contributed by atoms with Crippen LogP contribution >= 0.6 is 0 Å². The van der Waals surface area contributed by atoms with E-state index in [1.807, 2.05) is 11.1 Å². The van der Waals surface area contributed by atoms with Crippen molar-refractivity contribution in [1.82, 2.24) is 0 Å². The lowest BCUT2D eigenvalue weighted by molar-refractivity contribution is 0.00939. The van der Waals surface area contributed by atoms with E-state index in [2.05, 4.69) is 27.7 Å². The molecule has 0 N–H and O–H groups in total. The van der Waals surface area contributed by atoms with Crippen molar-refractivity contribution in [3.8, 4) is 0 Å². The summed E-state index contributed by atoms with van der Waals surface area (Å²) in [6.45, 7) is 10.3. The number of rotatable bonds is 3. The van der Waals surface area contributed by atoms with Gasteiger partial charge in [0.05, 0.1) is 0 Å². The topological polar surface area (TPSA) is 0 Å². The maximum absolute atomic E-state index is 2.69. The zero-order chi connectivity index (χ0) is 16.9. The van der Waals surface area contributed by atoms with Crippen LogP contribution in [-0.4, -0.2) is 0 Å². The van der Waals surface area contributed by atoms with Crippen molar-refractivity contribution in [1.29, 1.82) is 0 Å². The van der Waals surface area contributed by atoms with E-state index in [0.717, 1.165) is 23.7 Å². The quantitative estimate of drug-likeness (QED) is 0.469. The van der Waals surface area contributed by atoms with E-state index in [4.69, 9.17) is 0 Å². The molecule has 0 aliphatic heterocycles. The molecular weight excluding hydrogens is 288 g/mol. The highest BCUT2D eigenvalue weighted by molar-refractivity contribution is 5.34. The fourth-order valence-corrected chi connectivity index (χ4v) is 8.14. The van der Waals surface area contributed by atoms with E-state index < -0.39 is 0 Å². The van der Waals surface area contributed by atoms with Gasteiger partial charge in [-0.25, -0.2) is 0 Å². The van der Waals surface area contributed by atoms with Gasteiger partial charge in [-0.05, 0) is 85.9 Å². The van der Waals surface area contributed by atoms with Crippen LogP contribution in [-0.2, 0) is 0 Å². The molecule has 4 aliphatic carbocycles. The summed E-state index contributed by atoms with van der Waals surface area (Å²) in [4.78, 5) is 0. The molecular formula is C24H40. The number of fused-ring (bicyclic) bond motifs is 4. The van der Waals surface area contributed by atoms with Gasteiger partial charge in [0.1, 0.15) is 0 Å². The van der Waals surface area contributed by atoms with Gasteiger partial charge in [0.15, 0.2) is 0 Å². The molecule has 0 heteroatoms. The molecule has 24 heavy (non-hydrogen) atoms. The van der Waals surface area contributed by atoms with Gasteiger partial charge in [-0.2, -0.15) is 0 Å². The van der Waals surface area contributed by atoms with Crippen LogP contribution in [0.4, 0.5) is 0 Å². The van der Waals surface area contributed by atoms with Crippen LogP contribution in [0, 0.1) is 34.5 Å². The zero-order valence-electron chi connectivity index (χ0n) is 16.8. The van der Waals surface area contributed by atoms with Gasteiger partial charge in [0, 0.05) is 0 Å². The number of hydrogen-bond donors (Lipinski definition) is 0. The third kappa shape index (κ3) is 2.38. The van der Waals surface area contributed by atoms with Gasteiger partial charge in [0.25, 0.3) is 0 Å². The lowest BCUT2D eigenvalue weighted by atomic mass is 9.49. The lowest BCUT2D eigenvalue weighted by Crippen LogP contribution is -2.46. The highest BCUT2D eigenvalue weighted by atomic mass is 14.6. The van der Waals surface area contributed by atoms with E-state index in [1.165, 1.54) is 77.0 Å². The molecule has 0 aromatic heterocycles. The first kappa shape index (κ1) is 17.2. The minimum Gasteiger partial charge on any atom is -0.0668 e. The van der Waals surface area contributed by atoms with Crippen molar-refractivity contribution in [2.45, 2.75) is 105 Å². The molecule has 4 rings (SSSR count). The average Bonchev–Trinajstić information content (AvgIpc) is 2.92. The summed E-state index contributed by atoms with van der Waals surface area (Å²) in [7, 11) is 0. The third-order valence-corrected chi connectivity index (χ3v) is 9.41. The van der Waals surface area contributed by atoms with E-state index in [9.17, 15) is 0 Å². The Morgan fingerprint density at radius 2 is 1.83 bits per heavy atom. The molecule has 3 saturated carbocycles. The summed E-state index contributed by atoms with van der Waals surface area (Å²) in [6.07, 6.45) is 17.8. The van der Waals surface area contributed by atoms with E-state index in [1.54, 1.807) is 0 Å². The van der Waals surface area contributed by atoms with Crippen molar-refractivity contribution in [2.24, 2.45) is 34.5 Å². The third-order valence-electron chi connectivity index (χ3n) is 9.41. The van der Waals surface area contributed by atoms with E-state index in [0.29, 0.717) is 10.8 Å². The number of allylic oxidation sites excluding steroid dienone is 2. The van der Waals surface area contributed by atoms with Gasteiger partial charge in [-0.3, -0.25) is 0 Å². The second-order valence-corrected chi connectivity index (χ2v) is 10.4. The Hall–Kier alpha value is -0.260. The summed E-state index contributed by atoms with van der Waals surface area (Å²) in [5, 5.41) is 0. The zero-order valence-corrected chi connectivity index (χ0v) is 16.8. The molecule has 6 atom stereocenters. The molecule has 136 valence electrons. The van der Waals surface area contributed by atoms with Crippen molar-refractivity contribution in [2.75, 3.05) is 0 Å². The molecule has 0 radical (unpaired) electrons. The molecule has 0 aromatic rings. The highest BCUT2D eigenvalue weighted by Gasteiger charge is 2.54. The summed E-state index contributed by atoms with van der Waals surface area (Å²) < 4.78 is 0. The Kier molecular flexibility index (Phi) is 4.41. The standard InChI is InChI=1S/C24H40/c1-5-8-17(2)20-12-13-21-19-11-10-18-9-6-7-15-23(18,3)22(19)14-16-24(20,21)4/h17-18,20,22H,5-16H2,1-4H3. The van der Waals surface area contributed by atoms with Crippen LogP contribution in [0.25, 0.3) is 0 Å². The Labute approximate surface area is 150 Å². The predicted molar refractivity (Wildman–Crippen MR) is 104 cm³/mol. The average molecular weight is 329 g/mol. The molecule has 0 heterocycles. The Balaban J connectivity index is 1.67. The Morgan fingerprint density at radius 1 is 1.00 bits per heavy atom. The largest absolute Gasteiger partial charge is 0.0668 e. The van der Waals surface area contributed by atoms with Crippen molar-refractivity contribution >= 4 is 0 Å². The molecule has 0 spiro atoms. The Bertz CT molecular complexity index is 514. The fourth-order valence-electron chi connectivity index (χ4n) is 8.14. The predicted octanol–water partition coefficient (Wildman–Crippen LogP) is 7.54. The van der Waals surface area contributed by atoms with E-state index in [-0.39, 0.29) is 0 Å². The molecule has 0 bridgehead atoms. The summed E-state index contributed by atoms with van der Waals surface area (Å²) >= 11 is 0. The first-order valence-corrected chi connectivity index (χ1v) is 11.2. The van der Waals surface area contributed by atoms with Gasteiger partial charge in [-0.15, -0.1) is 0 Å². The smallest absolute Gasteiger partial charge is 0.00825 e. The van der Waals surface area contributed by atoms with Crippen LogP contribution in [0.5, 0.6) is 0 Å². The van der Waals surface area contributed by atoms with Crippen LogP contribution < -0.4 is 0 Å². The number of hydrogen-bond acceptors (Lipinski definition) is 0. The van der Waals surface area contributed by atoms with Gasteiger partial charge >= 0.3 is 0 Å². The normalized spacial score (nSPS) is 46.2. The monoisotopic (exact) mass is 328 g/mol. The lowest BCUT2D eigenvalue weighted by Gasteiger charge is -2.56. The maximum Gasteiger partial charge on any atom is -0.00825 e. The molecule has 3 fully saturated rings. The van der Waals surface area contributed by atoms with E-state index >= 15 is 0 Å². The molecule has 0 nitrogen and oxygen atoms in total. The highest BCUT2D eigenvalue weighted by Crippen LogP contribution is 2.65. The second kappa shape index (κ2) is 6.17. The van der Waals surface area contributed by atoms with Crippen LogP contribution in [0.15, 0.2) is 11.1 Å². The minimum absolute atomic E-state index is 0.568. The first-order valence-electron chi connectivity index (χ1n) is 11.2. The van der Waals surface area contributed by atoms with Gasteiger partial charge < -0.3 is 0 Å². The fraction of sp³-hybridized carbons (Fsp3) is 0.917. The SMILES string of the molecule is CCCC(C)C1CCC2=C3CCC4CCCCC4(C)C3CCC21C. The van der Waals surface area contributed by atoms with Crippen molar-refractivity contribution in [3.05, 3.63) is 11.1 Å². The molecule has 4 aliphatic rings. The maximum atomic E-state index is 2.69. The van der Waals surface area contributed by atoms with Gasteiger partial charge in [0.2, 0.25) is 0 Å². The van der Waals surface area contributed by atoms with Crippen LogP contribution in [0.1, 0.15) is 105 Å². The molecule has 6 unspecified atom stereocenters. The van der Waals surface area contributed by atoms with Crippen LogP contribution in [0.3, 0.4) is 0 Å². The minimum atomic E-state index is 0.568. The second-order valence-electron chi connectivity index (χ2n) is 10.4. The molecule has 0 amide bonds. The van der Waals surface area contributed by atoms with Gasteiger partial charge in [-0.1, -0.05) is 64.5 Å². The summed E-state index contributed by atoms with van der Waals surface area (Å²) in [5.74, 6) is 3.90. The molecule has 0 saturated heterocycles. The van der Waals surface area contributed by atoms with Crippen LogP contribution in [0.2, 0.25) is 0 Å². The molecule has 0 aromatic carbocycles. The Morgan fingerprint density at radius 3 is 2.62 bits per heavy atom. The summed E-state index contributed by atoms with van der Waals surface area (Å²) in [5.41, 5.74) is 5.21.